The highest BCUT2D eigenvalue weighted by molar-refractivity contribution is 9.10. The van der Waals surface area contributed by atoms with E-state index in [9.17, 15) is 0 Å². The molecule has 0 fully saturated rings. The highest BCUT2D eigenvalue weighted by Crippen LogP contribution is 2.29. The summed E-state index contributed by atoms with van der Waals surface area (Å²) in [5.41, 5.74) is 6.42. The molecule has 1 nitrogen and oxygen atoms in total. The van der Waals surface area contributed by atoms with Crippen molar-refractivity contribution in [3.63, 3.8) is 0 Å². The van der Waals surface area contributed by atoms with E-state index in [1.807, 2.05) is 25.1 Å². The molecule has 1 aromatic carbocycles. The Bertz CT molecular complexity index is 310. The molecule has 0 aromatic heterocycles. The Hall–Kier alpha value is -0.410. The van der Waals surface area contributed by atoms with Crippen LogP contribution in [0.5, 0.6) is 0 Å². The molecule has 0 unspecified atom stereocenters. The summed E-state index contributed by atoms with van der Waals surface area (Å²) < 4.78 is 1.07. The van der Waals surface area contributed by atoms with E-state index >= 15 is 0 Å². The smallest absolute Gasteiger partial charge is 0.0331 e. The van der Waals surface area contributed by atoms with Gasteiger partial charge in [-0.2, -0.15) is 0 Å². The molecule has 0 saturated heterocycles. The second kappa shape index (κ2) is 5.35. The Balaban J connectivity index is 2.66. The monoisotopic (exact) mass is 257 g/mol. The van der Waals surface area contributed by atoms with Crippen LogP contribution in [0.3, 0.4) is 0 Å². The summed E-state index contributed by atoms with van der Waals surface area (Å²) in [5, 5.41) is 0. The van der Waals surface area contributed by atoms with Crippen molar-refractivity contribution in [2.45, 2.75) is 11.8 Å². The Morgan fingerprint density at radius 2 is 2.31 bits per heavy atom. The Kier molecular flexibility index (Phi) is 4.39. The molecule has 1 aromatic rings. The molecule has 0 aliphatic rings. The van der Waals surface area contributed by atoms with Crippen molar-refractivity contribution in [3.8, 4) is 0 Å². The van der Waals surface area contributed by atoms with Gasteiger partial charge in [-0.05, 0) is 41.1 Å². The number of rotatable bonds is 3. The van der Waals surface area contributed by atoms with Gasteiger partial charge < -0.3 is 5.73 Å². The first kappa shape index (κ1) is 10.7. The van der Waals surface area contributed by atoms with E-state index in [1.165, 1.54) is 4.90 Å². The van der Waals surface area contributed by atoms with Crippen LogP contribution in [0.15, 0.2) is 39.7 Å². The first-order valence-electron chi connectivity index (χ1n) is 4.03. The fourth-order valence-electron chi connectivity index (χ4n) is 0.868. The van der Waals surface area contributed by atoms with Crippen molar-refractivity contribution in [2.75, 3.05) is 11.5 Å². The summed E-state index contributed by atoms with van der Waals surface area (Å²) in [6.45, 7) is 2.03. The maximum atomic E-state index is 5.63. The zero-order chi connectivity index (χ0) is 9.68. The molecular weight excluding hydrogens is 246 g/mol. The maximum absolute atomic E-state index is 5.63. The van der Waals surface area contributed by atoms with E-state index in [-0.39, 0.29) is 0 Å². The van der Waals surface area contributed by atoms with Gasteiger partial charge in [-0.15, -0.1) is 11.8 Å². The van der Waals surface area contributed by atoms with E-state index in [2.05, 4.69) is 28.1 Å². The number of benzene rings is 1. The van der Waals surface area contributed by atoms with E-state index in [1.54, 1.807) is 11.8 Å². The number of hydrogen-bond acceptors (Lipinski definition) is 2. The zero-order valence-electron chi connectivity index (χ0n) is 7.46. The van der Waals surface area contributed by atoms with Crippen molar-refractivity contribution in [1.82, 2.24) is 0 Å². The number of nitrogens with two attached hydrogens (primary N) is 1. The summed E-state index contributed by atoms with van der Waals surface area (Å²) in [6.07, 6.45) is 4.19. The highest BCUT2D eigenvalue weighted by Gasteiger charge is 1.98. The van der Waals surface area contributed by atoms with Crippen molar-refractivity contribution >= 4 is 33.4 Å². The second-order valence-electron chi connectivity index (χ2n) is 2.57. The van der Waals surface area contributed by atoms with E-state index in [0.717, 1.165) is 15.9 Å². The summed E-state index contributed by atoms with van der Waals surface area (Å²) in [5.74, 6) is 0.999. The SMILES string of the molecule is C/C=C/CSc1ccc(N)cc1Br. The third-order valence-electron chi connectivity index (χ3n) is 1.53. The molecule has 13 heavy (non-hydrogen) atoms. The lowest BCUT2D eigenvalue weighted by atomic mass is 10.3. The molecule has 2 N–H and O–H groups in total. The third-order valence-corrected chi connectivity index (χ3v) is 3.47. The predicted molar refractivity (Wildman–Crippen MR) is 64.1 cm³/mol. The molecule has 0 amide bonds. The molecule has 0 radical (unpaired) electrons. The molecule has 0 heterocycles. The van der Waals surface area contributed by atoms with Crippen LogP contribution in [0.2, 0.25) is 0 Å². The Morgan fingerprint density at radius 3 is 2.92 bits per heavy atom. The van der Waals surface area contributed by atoms with Crippen molar-refractivity contribution in [1.29, 1.82) is 0 Å². The van der Waals surface area contributed by atoms with Gasteiger partial charge in [0.2, 0.25) is 0 Å². The predicted octanol–water partition coefficient (Wildman–Crippen LogP) is 3.70. The number of nitrogen functional groups attached to an aromatic ring is 1. The van der Waals surface area contributed by atoms with Gasteiger partial charge >= 0.3 is 0 Å². The van der Waals surface area contributed by atoms with E-state index in [0.29, 0.717) is 0 Å². The van der Waals surface area contributed by atoms with Gasteiger partial charge in [0.25, 0.3) is 0 Å². The second-order valence-corrected chi connectivity index (χ2v) is 4.49. The van der Waals surface area contributed by atoms with Crippen molar-refractivity contribution < 1.29 is 0 Å². The first-order chi connectivity index (χ1) is 6.24. The van der Waals surface area contributed by atoms with Crippen LogP contribution >= 0.6 is 27.7 Å². The third kappa shape index (κ3) is 3.44. The first-order valence-corrected chi connectivity index (χ1v) is 5.81. The Morgan fingerprint density at radius 1 is 1.54 bits per heavy atom. The molecule has 1 rings (SSSR count). The summed E-state index contributed by atoms with van der Waals surface area (Å²) >= 11 is 5.27. The van der Waals surface area contributed by atoms with Gasteiger partial charge in [0.1, 0.15) is 0 Å². The Labute approximate surface area is 91.5 Å². The van der Waals surface area contributed by atoms with Crippen LogP contribution in [-0.2, 0) is 0 Å². The lowest BCUT2D eigenvalue weighted by Gasteiger charge is -2.02. The quantitative estimate of drug-likeness (QED) is 0.508. The van der Waals surface area contributed by atoms with Crippen molar-refractivity contribution in [3.05, 3.63) is 34.8 Å². The van der Waals surface area contributed by atoms with Gasteiger partial charge in [-0.1, -0.05) is 12.2 Å². The normalized spacial score (nSPS) is 10.9. The molecule has 0 atom stereocenters. The summed E-state index contributed by atoms with van der Waals surface area (Å²) in [7, 11) is 0. The fraction of sp³-hybridized carbons (Fsp3) is 0.200. The summed E-state index contributed by atoms with van der Waals surface area (Å²) in [6, 6.07) is 5.88. The largest absolute Gasteiger partial charge is 0.399 e. The van der Waals surface area contributed by atoms with Gasteiger partial charge in [-0.25, -0.2) is 0 Å². The minimum absolute atomic E-state index is 0.794. The summed E-state index contributed by atoms with van der Waals surface area (Å²) in [4.78, 5) is 1.23. The number of anilines is 1. The van der Waals surface area contributed by atoms with Crippen LogP contribution in [-0.4, -0.2) is 5.75 Å². The van der Waals surface area contributed by atoms with Gasteiger partial charge in [-0.3, -0.25) is 0 Å². The van der Waals surface area contributed by atoms with Crippen LogP contribution in [0.4, 0.5) is 5.69 Å². The van der Waals surface area contributed by atoms with Gasteiger partial charge in [0.05, 0.1) is 0 Å². The minimum atomic E-state index is 0.794. The lowest BCUT2D eigenvalue weighted by molar-refractivity contribution is 1.40. The van der Waals surface area contributed by atoms with Gasteiger partial charge in [0, 0.05) is 20.8 Å². The molecular formula is C10H12BrNS. The highest BCUT2D eigenvalue weighted by atomic mass is 79.9. The van der Waals surface area contributed by atoms with E-state index < -0.39 is 0 Å². The molecule has 0 bridgehead atoms. The molecule has 0 spiro atoms. The average Bonchev–Trinajstić information content (AvgIpc) is 2.09. The number of hydrogen-bond donors (Lipinski definition) is 1. The molecule has 70 valence electrons. The number of allylic oxidation sites excluding steroid dienone is 1. The fourth-order valence-corrected chi connectivity index (χ4v) is 2.44. The van der Waals surface area contributed by atoms with Crippen LogP contribution in [0.25, 0.3) is 0 Å². The number of halogens is 1. The number of thioether (sulfide) groups is 1. The molecule has 3 heteroatoms. The molecule has 0 aliphatic carbocycles. The standard InChI is InChI=1S/C10H12BrNS/c1-2-3-6-13-10-5-4-8(12)7-9(10)11/h2-5,7H,6,12H2,1H3/b3-2+. The van der Waals surface area contributed by atoms with Crippen LogP contribution in [0.1, 0.15) is 6.92 Å². The van der Waals surface area contributed by atoms with Crippen LogP contribution in [0, 0.1) is 0 Å². The van der Waals surface area contributed by atoms with Crippen molar-refractivity contribution in [2.24, 2.45) is 0 Å². The topological polar surface area (TPSA) is 26.0 Å². The van der Waals surface area contributed by atoms with Gasteiger partial charge in [0.15, 0.2) is 0 Å². The minimum Gasteiger partial charge on any atom is -0.399 e. The maximum Gasteiger partial charge on any atom is 0.0331 e. The zero-order valence-corrected chi connectivity index (χ0v) is 9.86. The lowest BCUT2D eigenvalue weighted by Crippen LogP contribution is -1.84. The average molecular weight is 258 g/mol. The molecule has 0 saturated carbocycles. The molecule has 0 aliphatic heterocycles. The van der Waals surface area contributed by atoms with Crippen LogP contribution < -0.4 is 5.73 Å². The van der Waals surface area contributed by atoms with E-state index in [4.69, 9.17) is 5.73 Å².